The molecule has 0 radical (unpaired) electrons. The van der Waals surface area contributed by atoms with Gasteiger partial charge in [-0.1, -0.05) is 34.1 Å². The number of aliphatic carboxylic acids is 1. The van der Waals surface area contributed by atoms with Crippen molar-refractivity contribution in [1.82, 2.24) is 9.78 Å². The number of carboxylic acids is 1. The highest BCUT2D eigenvalue weighted by molar-refractivity contribution is 9.10. The normalized spacial score (nSPS) is 10.6. The van der Waals surface area contributed by atoms with E-state index in [1.807, 2.05) is 31.3 Å². The quantitative estimate of drug-likeness (QED) is 0.945. The maximum absolute atomic E-state index is 10.7. The Hall–Kier alpha value is -1.62. The molecule has 1 heterocycles. The van der Waals surface area contributed by atoms with E-state index in [0.29, 0.717) is 6.42 Å². The largest absolute Gasteiger partial charge is 0.481 e. The Bertz CT molecular complexity index is 578. The van der Waals surface area contributed by atoms with Crippen molar-refractivity contribution in [1.29, 1.82) is 0 Å². The van der Waals surface area contributed by atoms with Crippen molar-refractivity contribution in [2.75, 3.05) is 0 Å². The molecule has 0 amide bonds. The van der Waals surface area contributed by atoms with Crippen LogP contribution in [0.2, 0.25) is 0 Å². The highest BCUT2D eigenvalue weighted by Gasteiger charge is 2.13. The Balaban J connectivity index is 2.40. The highest BCUT2D eigenvalue weighted by atomic mass is 79.9. The van der Waals surface area contributed by atoms with Gasteiger partial charge in [0, 0.05) is 29.2 Å². The molecule has 5 heteroatoms. The number of nitrogens with zero attached hydrogens (tertiary/aromatic N) is 2. The van der Waals surface area contributed by atoms with E-state index < -0.39 is 5.97 Å². The van der Waals surface area contributed by atoms with E-state index in [1.165, 1.54) is 0 Å². The van der Waals surface area contributed by atoms with Crippen molar-refractivity contribution in [2.24, 2.45) is 7.05 Å². The van der Waals surface area contributed by atoms with Crippen molar-refractivity contribution in [3.63, 3.8) is 0 Å². The van der Waals surface area contributed by atoms with Crippen LogP contribution in [0.5, 0.6) is 0 Å². The lowest BCUT2D eigenvalue weighted by Crippen LogP contribution is -2.04. The molecule has 1 aromatic carbocycles. The minimum Gasteiger partial charge on any atom is -0.481 e. The number of rotatable bonds is 4. The summed E-state index contributed by atoms with van der Waals surface area (Å²) in [5.41, 5.74) is 2.95. The summed E-state index contributed by atoms with van der Waals surface area (Å²) in [7, 11) is 1.83. The molecule has 94 valence electrons. The number of benzene rings is 1. The highest BCUT2D eigenvalue weighted by Crippen LogP contribution is 2.30. The van der Waals surface area contributed by atoms with Crippen molar-refractivity contribution in [3.8, 4) is 11.1 Å². The molecule has 0 aliphatic heterocycles. The second-order valence-corrected chi connectivity index (χ2v) is 4.86. The third-order valence-electron chi connectivity index (χ3n) is 2.80. The van der Waals surface area contributed by atoms with Gasteiger partial charge in [-0.3, -0.25) is 9.48 Å². The van der Waals surface area contributed by atoms with Crippen LogP contribution < -0.4 is 0 Å². The second-order valence-electron chi connectivity index (χ2n) is 4.00. The predicted octanol–water partition coefficient (Wildman–Crippen LogP) is 2.87. The average molecular weight is 309 g/mol. The first-order valence-electron chi connectivity index (χ1n) is 5.57. The fourth-order valence-corrected chi connectivity index (χ4v) is 2.39. The molecular formula is C13H13BrN2O2. The van der Waals surface area contributed by atoms with Crippen LogP contribution in [0.4, 0.5) is 0 Å². The molecule has 18 heavy (non-hydrogen) atoms. The molecule has 0 spiro atoms. The van der Waals surface area contributed by atoms with Gasteiger partial charge in [0.2, 0.25) is 0 Å². The van der Waals surface area contributed by atoms with Crippen LogP contribution in [0.3, 0.4) is 0 Å². The molecule has 0 fully saturated rings. The van der Waals surface area contributed by atoms with E-state index >= 15 is 0 Å². The number of aryl methyl sites for hydroxylation is 1. The van der Waals surface area contributed by atoms with Gasteiger partial charge >= 0.3 is 5.97 Å². The van der Waals surface area contributed by atoms with E-state index in [1.54, 1.807) is 10.9 Å². The Morgan fingerprint density at radius 1 is 1.39 bits per heavy atom. The van der Waals surface area contributed by atoms with Gasteiger partial charge in [0.25, 0.3) is 0 Å². The van der Waals surface area contributed by atoms with Crippen molar-refractivity contribution >= 4 is 21.9 Å². The van der Waals surface area contributed by atoms with E-state index in [-0.39, 0.29) is 6.42 Å². The van der Waals surface area contributed by atoms with Crippen LogP contribution in [-0.2, 0) is 18.3 Å². The first-order chi connectivity index (χ1) is 8.59. The molecule has 0 aliphatic rings. The number of carboxylic acid groups (broad SMARTS) is 1. The zero-order valence-electron chi connectivity index (χ0n) is 9.93. The Morgan fingerprint density at radius 3 is 2.78 bits per heavy atom. The number of carbonyl (C=O) groups is 1. The van der Waals surface area contributed by atoms with Crippen LogP contribution in [0.15, 0.2) is 34.9 Å². The zero-order chi connectivity index (χ0) is 13.1. The summed E-state index contributed by atoms with van der Waals surface area (Å²) in [5, 5.41) is 13.0. The smallest absolute Gasteiger partial charge is 0.303 e. The summed E-state index contributed by atoms with van der Waals surface area (Å²) in [6.07, 6.45) is 2.36. The first kappa shape index (κ1) is 12.8. The molecule has 0 saturated heterocycles. The van der Waals surface area contributed by atoms with Crippen molar-refractivity contribution < 1.29 is 9.90 Å². The van der Waals surface area contributed by atoms with Gasteiger partial charge in [0.05, 0.1) is 12.6 Å². The molecule has 0 unspecified atom stereocenters. The van der Waals surface area contributed by atoms with Gasteiger partial charge in [0.1, 0.15) is 0 Å². The van der Waals surface area contributed by atoms with Gasteiger partial charge in [-0.2, -0.15) is 5.10 Å². The number of hydrogen-bond acceptors (Lipinski definition) is 2. The van der Waals surface area contributed by atoms with Gasteiger partial charge in [-0.05, 0) is 11.6 Å². The lowest BCUT2D eigenvalue weighted by atomic mass is 10.0. The molecule has 1 aromatic heterocycles. The number of halogens is 1. The maximum Gasteiger partial charge on any atom is 0.303 e. The Labute approximate surface area is 113 Å². The molecular weight excluding hydrogens is 296 g/mol. The average Bonchev–Trinajstić information content (AvgIpc) is 2.68. The molecule has 1 N–H and O–H groups in total. The van der Waals surface area contributed by atoms with Crippen molar-refractivity contribution in [3.05, 3.63) is 40.6 Å². The first-order valence-corrected chi connectivity index (χ1v) is 6.36. The van der Waals surface area contributed by atoms with E-state index in [0.717, 1.165) is 21.3 Å². The summed E-state index contributed by atoms with van der Waals surface area (Å²) < 4.78 is 2.71. The number of aromatic nitrogens is 2. The SMILES string of the molecule is Cn1ncc(-c2ccccc2Br)c1CCC(=O)O. The van der Waals surface area contributed by atoms with Gasteiger partial charge < -0.3 is 5.11 Å². The molecule has 0 saturated carbocycles. The molecule has 0 atom stereocenters. The summed E-state index contributed by atoms with van der Waals surface area (Å²) in [5.74, 6) is -0.797. The Morgan fingerprint density at radius 2 is 2.11 bits per heavy atom. The third-order valence-corrected chi connectivity index (χ3v) is 3.49. The lowest BCUT2D eigenvalue weighted by molar-refractivity contribution is -0.136. The standard InChI is InChI=1S/C13H13BrN2O2/c1-16-12(6-7-13(17)18)10(8-15-16)9-4-2-3-5-11(9)14/h2-5,8H,6-7H2,1H3,(H,17,18). The summed E-state index contributed by atoms with van der Waals surface area (Å²) in [6.45, 7) is 0. The lowest BCUT2D eigenvalue weighted by Gasteiger charge is -2.06. The van der Waals surface area contributed by atoms with Crippen molar-refractivity contribution in [2.45, 2.75) is 12.8 Å². The fraction of sp³-hybridized carbons (Fsp3) is 0.231. The summed E-state index contributed by atoms with van der Waals surface area (Å²) in [6, 6.07) is 7.85. The molecule has 0 bridgehead atoms. The third kappa shape index (κ3) is 2.61. The monoisotopic (exact) mass is 308 g/mol. The molecule has 2 rings (SSSR count). The van der Waals surface area contributed by atoms with Crippen LogP contribution in [-0.4, -0.2) is 20.9 Å². The van der Waals surface area contributed by atoms with Crippen LogP contribution in [0.25, 0.3) is 11.1 Å². The second kappa shape index (κ2) is 5.35. The topological polar surface area (TPSA) is 55.1 Å². The van der Waals surface area contributed by atoms with Crippen LogP contribution in [0.1, 0.15) is 12.1 Å². The minimum atomic E-state index is -0.797. The van der Waals surface area contributed by atoms with Gasteiger partial charge in [-0.15, -0.1) is 0 Å². The zero-order valence-corrected chi connectivity index (χ0v) is 11.5. The van der Waals surface area contributed by atoms with E-state index in [4.69, 9.17) is 5.11 Å². The molecule has 4 nitrogen and oxygen atoms in total. The van der Waals surface area contributed by atoms with Gasteiger partial charge in [-0.25, -0.2) is 0 Å². The van der Waals surface area contributed by atoms with Gasteiger partial charge in [0.15, 0.2) is 0 Å². The molecule has 0 aliphatic carbocycles. The van der Waals surface area contributed by atoms with E-state index in [2.05, 4.69) is 21.0 Å². The molecule has 2 aromatic rings. The predicted molar refractivity (Wildman–Crippen MR) is 72.3 cm³/mol. The summed E-state index contributed by atoms with van der Waals surface area (Å²) >= 11 is 3.50. The number of hydrogen-bond donors (Lipinski definition) is 1. The van der Waals surface area contributed by atoms with E-state index in [9.17, 15) is 4.79 Å². The fourth-order valence-electron chi connectivity index (χ4n) is 1.89. The Kier molecular flexibility index (Phi) is 3.81. The van der Waals surface area contributed by atoms with Crippen LogP contribution >= 0.6 is 15.9 Å². The summed E-state index contributed by atoms with van der Waals surface area (Å²) in [4.78, 5) is 10.7. The van der Waals surface area contributed by atoms with Crippen LogP contribution in [0, 0.1) is 0 Å². The maximum atomic E-state index is 10.7. The minimum absolute atomic E-state index is 0.108.